The van der Waals surface area contributed by atoms with Crippen LogP contribution in [0.25, 0.3) is 0 Å². The highest BCUT2D eigenvalue weighted by Gasteiger charge is 2.09. The molecule has 96 valence electrons. The summed E-state index contributed by atoms with van der Waals surface area (Å²) in [5.74, 6) is 0. The number of hydrogen-bond acceptors (Lipinski definition) is 3. The van der Waals surface area contributed by atoms with Crippen molar-refractivity contribution in [2.24, 2.45) is 0 Å². The minimum absolute atomic E-state index is 0. The van der Waals surface area contributed by atoms with E-state index in [1.54, 1.807) is 0 Å². The van der Waals surface area contributed by atoms with Crippen LogP contribution in [0.2, 0.25) is 0 Å². The van der Waals surface area contributed by atoms with E-state index in [2.05, 4.69) is 24.0 Å². The largest absolute Gasteiger partial charge is 0.399 e. The van der Waals surface area contributed by atoms with Crippen molar-refractivity contribution in [3.63, 3.8) is 0 Å². The fourth-order valence-electron chi connectivity index (χ4n) is 2.36. The Kier molecular flexibility index (Phi) is 5.45. The molecule has 1 fully saturated rings. The molecule has 1 heterocycles. The Morgan fingerprint density at radius 1 is 1.18 bits per heavy atom. The van der Waals surface area contributed by atoms with Crippen LogP contribution >= 0.6 is 0 Å². The minimum Gasteiger partial charge on any atom is -0.399 e. The number of hydrogen-bond donors (Lipinski definition) is 2. The molecule has 0 bridgehead atoms. The Labute approximate surface area is 105 Å². The molecule has 3 nitrogen and oxygen atoms in total. The summed E-state index contributed by atoms with van der Waals surface area (Å²) in [5.41, 5.74) is 9.34. The van der Waals surface area contributed by atoms with Crippen molar-refractivity contribution in [2.75, 3.05) is 25.4 Å². The molecule has 0 amide bonds. The van der Waals surface area contributed by atoms with Crippen molar-refractivity contribution < 1.29 is 0 Å². The summed E-state index contributed by atoms with van der Waals surface area (Å²) in [5, 5.41) is 0. The Morgan fingerprint density at radius 3 is 2.53 bits per heavy atom. The molecule has 1 aromatic carbocycles. The van der Waals surface area contributed by atoms with Crippen LogP contribution in [-0.4, -0.2) is 24.5 Å². The summed E-state index contributed by atoms with van der Waals surface area (Å²) in [4.78, 5) is 2.58. The van der Waals surface area contributed by atoms with Crippen molar-refractivity contribution >= 4 is 5.69 Å². The lowest BCUT2D eigenvalue weighted by Crippen LogP contribution is -2.31. The van der Waals surface area contributed by atoms with Crippen LogP contribution in [0.4, 0.5) is 5.69 Å². The molecular weight excluding hydrogens is 210 g/mol. The van der Waals surface area contributed by atoms with Crippen LogP contribution in [0.15, 0.2) is 18.2 Å². The molecule has 1 aliphatic heterocycles. The molecule has 0 aromatic heterocycles. The number of nitrogens with two attached hydrogens (primary N) is 1. The molecule has 17 heavy (non-hydrogen) atoms. The average molecular weight is 235 g/mol. The van der Waals surface area contributed by atoms with Gasteiger partial charge < -0.3 is 16.8 Å². The molecule has 3 heteroatoms. The van der Waals surface area contributed by atoms with Gasteiger partial charge in [0.05, 0.1) is 0 Å². The molecule has 2 rings (SSSR count). The molecular formula is C14H25N3. The van der Waals surface area contributed by atoms with Gasteiger partial charge in [-0.15, -0.1) is 0 Å². The van der Waals surface area contributed by atoms with E-state index in [9.17, 15) is 0 Å². The smallest absolute Gasteiger partial charge is 0.0343 e. The molecule has 0 spiro atoms. The van der Waals surface area contributed by atoms with Crippen molar-refractivity contribution in [1.82, 2.24) is 11.1 Å². The van der Waals surface area contributed by atoms with Crippen molar-refractivity contribution in [1.29, 1.82) is 0 Å². The summed E-state index contributed by atoms with van der Waals surface area (Å²) in [6, 6.07) is 6.41. The molecule has 0 radical (unpaired) electrons. The molecule has 1 aromatic rings. The second kappa shape index (κ2) is 6.62. The monoisotopic (exact) mass is 235 g/mol. The summed E-state index contributed by atoms with van der Waals surface area (Å²) >= 11 is 0. The highest BCUT2D eigenvalue weighted by Crippen LogP contribution is 2.14. The second-order valence-corrected chi connectivity index (χ2v) is 4.84. The maximum Gasteiger partial charge on any atom is 0.0343 e. The SMILES string of the molecule is Cc1cc(CCN2CCCCC2)ccc1N.N. The van der Waals surface area contributed by atoms with Gasteiger partial charge in [-0.05, 0) is 56.5 Å². The van der Waals surface area contributed by atoms with Gasteiger partial charge in [-0.2, -0.15) is 0 Å². The first-order valence-electron chi connectivity index (χ1n) is 6.33. The first-order chi connectivity index (χ1) is 7.75. The topological polar surface area (TPSA) is 64.3 Å². The maximum atomic E-state index is 5.82. The van der Waals surface area contributed by atoms with Crippen molar-refractivity contribution in [2.45, 2.75) is 32.6 Å². The third-order valence-corrected chi connectivity index (χ3v) is 3.50. The normalized spacial score (nSPS) is 16.5. The van der Waals surface area contributed by atoms with Gasteiger partial charge in [-0.3, -0.25) is 0 Å². The van der Waals surface area contributed by atoms with Crippen LogP contribution in [0, 0.1) is 6.92 Å². The van der Waals surface area contributed by atoms with E-state index in [0.29, 0.717) is 0 Å². The van der Waals surface area contributed by atoms with Crippen LogP contribution < -0.4 is 11.9 Å². The van der Waals surface area contributed by atoms with Crippen molar-refractivity contribution in [3.8, 4) is 0 Å². The van der Waals surface area contributed by atoms with Crippen LogP contribution in [0.3, 0.4) is 0 Å². The van der Waals surface area contributed by atoms with Crippen LogP contribution in [-0.2, 0) is 6.42 Å². The zero-order chi connectivity index (χ0) is 11.4. The molecule has 0 saturated carbocycles. The van der Waals surface area contributed by atoms with Gasteiger partial charge in [0.25, 0.3) is 0 Å². The molecule has 0 aliphatic carbocycles. The van der Waals surface area contributed by atoms with Gasteiger partial charge in [-0.25, -0.2) is 0 Å². The average Bonchev–Trinajstić information content (AvgIpc) is 2.32. The number of likely N-dealkylation sites (tertiary alicyclic amines) is 1. The molecule has 1 aliphatic rings. The Balaban J connectivity index is 0.00000144. The van der Waals surface area contributed by atoms with Crippen LogP contribution in [0.5, 0.6) is 0 Å². The zero-order valence-electron chi connectivity index (χ0n) is 10.9. The third kappa shape index (κ3) is 4.02. The standard InChI is InChI=1S/C14H22N2.H3N/c1-12-11-13(5-6-14(12)15)7-10-16-8-3-2-4-9-16;/h5-6,11H,2-4,7-10,15H2,1H3;1H3. The number of aryl methyl sites for hydroxylation is 1. The van der Waals surface area contributed by atoms with Crippen molar-refractivity contribution in [3.05, 3.63) is 29.3 Å². The lowest BCUT2D eigenvalue weighted by Gasteiger charge is -2.26. The summed E-state index contributed by atoms with van der Waals surface area (Å²) in [7, 11) is 0. The van der Waals surface area contributed by atoms with Gasteiger partial charge in [0, 0.05) is 12.2 Å². The molecule has 0 atom stereocenters. The fourth-order valence-corrected chi connectivity index (χ4v) is 2.36. The molecule has 1 saturated heterocycles. The first kappa shape index (κ1) is 14.0. The van der Waals surface area contributed by atoms with Gasteiger partial charge >= 0.3 is 0 Å². The van der Waals surface area contributed by atoms with Gasteiger partial charge in [-0.1, -0.05) is 18.6 Å². The highest BCUT2D eigenvalue weighted by atomic mass is 15.1. The second-order valence-electron chi connectivity index (χ2n) is 4.84. The first-order valence-corrected chi connectivity index (χ1v) is 6.33. The Hall–Kier alpha value is -1.06. The summed E-state index contributed by atoms with van der Waals surface area (Å²) < 4.78 is 0. The molecule has 5 N–H and O–H groups in total. The minimum atomic E-state index is 0. The van der Waals surface area contributed by atoms with Gasteiger partial charge in [0.1, 0.15) is 0 Å². The number of nitrogen functional groups attached to an aromatic ring is 1. The number of anilines is 1. The zero-order valence-corrected chi connectivity index (χ0v) is 10.9. The maximum absolute atomic E-state index is 5.82. The van der Waals surface area contributed by atoms with E-state index in [0.717, 1.165) is 12.1 Å². The van der Waals surface area contributed by atoms with Crippen LogP contribution in [0.1, 0.15) is 30.4 Å². The molecule has 0 unspecified atom stereocenters. The van der Waals surface area contributed by atoms with Gasteiger partial charge in [0.2, 0.25) is 0 Å². The van der Waals surface area contributed by atoms with Gasteiger partial charge in [0.15, 0.2) is 0 Å². The highest BCUT2D eigenvalue weighted by molar-refractivity contribution is 5.47. The lowest BCUT2D eigenvalue weighted by molar-refractivity contribution is 0.231. The van der Waals surface area contributed by atoms with E-state index in [1.807, 2.05) is 6.07 Å². The predicted octanol–water partition coefficient (Wildman–Crippen LogP) is 2.77. The fraction of sp³-hybridized carbons (Fsp3) is 0.571. The Morgan fingerprint density at radius 2 is 1.88 bits per heavy atom. The summed E-state index contributed by atoms with van der Waals surface area (Å²) in [6.45, 7) is 5.85. The van der Waals surface area contributed by atoms with E-state index < -0.39 is 0 Å². The van der Waals surface area contributed by atoms with E-state index >= 15 is 0 Å². The quantitative estimate of drug-likeness (QED) is 0.792. The number of rotatable bonds is 3. The third-order valence-electron chi connectivity index (χ3n) is 3.50. The predicted molar refractivity (Wildman–Crippen MR) is 74.6 cm³/mol. The van der Waals surface area contributed by atoms with E-state index in [4.69, 9.17) is 5.73 Å². The van der Waals surface area contributed by atoms with E-state index in [1.165, 1.54) is 50.0 Å². The summed E-state index contributed by atoms with van der Waals surface area (Å²) in [6.07, 6.45) is 5.32. The van der Waals surface area contributed by atoms with E-state index in [-0.39, 0.29) is 6.15 Å². The number of nitrogens with zero attached hydrogens (tertiary/aromatic N) is 1. The Bertz CT molecular complexity index is 343. The lowest BCUT2D eigenvalue weighted by atomic mass is 10.1. The number of piperidine rings is 1. The number of benzene rings is 1.